The van der Waals surface area contributed by atoms with Crippen molar-refractivity contribution in [2.75, 3.05) is 13.7 Å². The maximum Gasteiger partial charge on any atom is 0.258 e. The van der Waals surface area contributed by atoms with Crippen LogP contribution in [0.3, 0.4) is 0 Å². The zero-order valence-electron chi connectivity index (χ0n) is 12.8. The molecule has 0 saturated heterocycles. The minimum absolute atomic E-state index is 0.110. The molecule has 1 N–H and O–H groups in total. The second-order valence-corrected chi connectivity index (χ2v) is 6.22. The van der Waals surface area contributed by atoms with Gasteiger partial charge in [0.25, 0.3) is 5.91 Å². The molecule has 0 spiro atoms. The van der Waals surface area contributed by atoms with Gasteiger partial charge in [0.2, 0.25) is 0 Å². The highest BCUT2D eigenvalue weighted by molar-refractivity contribution is 9.10. The fraction of sp³-hybridized carbons (Fsp3) is 0.235. The second kappa shape index (κ2) is 8.22. The molecule has 0 fully saturated rings. The van der Waals surface area contributed by atoms with E-state index in [2.05, 4.69) is 21.2 Å². The highest BCUT2D eigenvalue weighted by atomic mass is 79.9. The summed E-state index contributed by atoms with van der Waals surface area (Å²) < 4.78 is 11.6. The number of carbonyl (C=O) groups excluding carboxylic acids is 1. The predicted molar refractivity (Wildman–Crippen MR) is 94.2 cm³/mol. The van der Waals surface area contributed by atoms with Crippen molar-refractivity contribution in [1.29, 1.82) is 0 Å². The molecule has 0 radical (unpaired) electrons. The number of ether oxygens (including phenoxy) is 2. The van der Waals surface area contributed by atoms with Crippen molar-refractivity contribution in [2.24, 2.45) is 0 Å². The number of halogens is 2. The van der Waals surface area contributed by atoms with E-state index >= 15 is 0 Å². The molecular weight excluding hydrogens is 382 g/mol. The van der Waals surface area contributed by atoms with E-state index in [1.54, 1.807) is 25.3 Å². The zero-order valence-corrected chi connectivity index (χ0v) is 15.1. The number of amides is 1. The standard InChI is InChI=1S/C17H17BrClNO3/c1-11(13-5-3-4-6-15(13)22-2)20-17(21)10-23-16-8-7-12(18)9-14(16)19/h3-9,11H,10H2,1-2H3,(H,20,21)/t11-/m0/s1. The Balaban J connectivity index is 1.94. The molecule has 0 aromatic heterocycles. The SMILES string of the molecule is COc1ccccc1[C@H](C)NC(=O)COc1ccc(Br)cc1Cl. The third-order valence-corrected chi connectivity index (χ3v) is 4.02. The quantitative estimate of drug-likeness (QED) is 0.786. The highest BCUT2D eigenvalue weighted by Gasteiger charge is 2.14. The summed E-state index contributed by atoms with van der Waals surface area (Å²) in [6.45, 7) is 1.78. The van der Waals surface area contributed by atoms with Crippen molar-refractivity contribution in [3.05, 3.63) is 57.5 Å². The molecule has 0 heterocycles. The van der Waals surface area contributed by atoms with E-state index in [1.165, 1.54) is 0 Å². The minimum Gasteiger partial charge on any atom is -0.496 e. The van der Waals surface area contributed by atoms with Crippen LogP contribution >= 0.6 is 27.5 Å². The van der Waals surface area contributed by atoms with Gasteiger partial charge in [-0.15, -0.1) is 0 Å². The number of hydrogen-bond acceptors (Lipinski definition) is 3. The van der Waals surface area contributed by atoms with Gasteiger partial charge in [-0.2, -0.15) is 0 Å². The maximum atomic E-state index is 12.0. The number of carbonyl (C=O) groups is 1. The average molecular weight is 399 g/mol. The molecule has 122 valence electrons. The molecule has 2 rings (SSSR count). The summed E-state index contributed by atoms with van der Waals surface area (Å²) in [7, 11) is 1.60. The monoisotopic (exact) mass is 397 g/mol. The average Bonchev–Trinajstić information content (AvgIpc) is 2.54. The summed E-state index contributed by atoms with van der Waals surface area (Å²) in [5, 5.41) is 3.32. The number of methoxy groups -OCH3 is 1. The molecule has 4 nitrogen and oxygen atoms in total. The van der Waals surface area contributed by atoms with Gasteiger partial charge in [0.15, 0.2) is 6.61 Å². The van der Waals surface area contributed by atoms with Gasteiger partial charge in [-0.05, 0) is 31.2 Å². The Kier molecular flexibility index (Phi) is 6.30. The van der Waals surface area contributed by atoms with Crippen LogP contribution < -0.4 is 14.8 Å². The third-order valence-electron chi connectivity index (χ3n) is 3.24. The van der Waals surface area contributed by atoms with Gasteiger partial charge in [0.05, 0.1) is 18.2 Å². The Hall–Kier alpha value is -1.72. The van der Waals surface area contributed by atoms with Crippen molar-refractivity contribution < 1.29 is 14.3 Å². The molecule has 1 amide bonds. The van der Waals surface area contributed by atoms with Gasteiger partial charge < -0.3 is 14.8 Å². The Labute approximate surface area is 148 Å². The number of rotatable bonds is 6. The summed E-state index contributed by atoms with van der Waals surface area (Å²) >= 11 is 9.37. The van der Waals surface area contributed by atoms with Crippen LogP contribution in [-0.2, 0) is 4.79 Å². The summed E-state index contributed by atoms with van der Waals surface area (Å²) in [6.07, 6.45) is 0. The van der Waals surface area contributed by atoms with E-state index < -0.39 is 0 Å². The molecule has 6 heteroatoms. The number of para-hydroxylation sites is 1. The molecule has 0 unspecified atom stereocenters. The van der Waals surface area contributed by atoms with Crippen LogP contribution in [-0.4, -0.2) is 19.6 Å². The van der Waals surface area contributed by atoms with Crippen LogP contribution in [0.2, 0.25) is 5.02 Å². The van der Waals surface area contributed by atoms with Crippen molar-refractivity contribution in [3.8, 4) is 11.5 Å². The topological polar surface area (TPSA) is 47.6 Å². The molecule has 0 bridgehead atoms. The van der Waals surface area contributed by atoms with Crippen LogP contribution in [0.4, 0.5) is 0 Å². The molecule has 0 aliphatic heterocycles. The van der Waals surface area contributed by atoms with E-state index in [1.807, 2.05) is 31.2 Å². The summed E-state index contributed by atoms with van der Waals surface area (Å²) in [4.78, 5) is 12.0. The molecule has 0 saturated carbocycles. The normalized spacial score (nSPS) is 11.7. The Morgan fingerprint density at radius 3 is 2.70 bits per heavy atom. The third kappa shape index (κ3) is 4.88. The first-order valence-electron chi connectivity index (χ1n) is 7.01. The molecule has 0 aliphatic rings. The highest BCUT2D eigenvalue weighted by Crippen LogP contribution is 2.28. The van der Waals surface area contributed by atoms with Crippen molar-refractivity contribution in [1.82, 2.24) is 5.32 Å². The second-order valence-electron chi connectivity index (χ2n) is 4.89. The van der Waals surface area contributed by atoms with E-state index in [0.717, 1.165) is 15.8 Å². The first kappa shape index (κ1) is 17.6. The molecule has 23 heavy (non-hydrogen) atoms. The molecule has 0 aliphatic carbocycles. The van der Waals surface area contributed by atoms with Crippen LogP contribution in [0.1, 0.15) is 18.5 Å². The largest absolute Gasteiger partial charge is 0.496 e. The summed E-state index contributed by atoms with van der Waals surface area (Å²) in [5.41, 5.74) is 0.907. The lowest BCUT2D eigenvalue weighted by Gasteiger charge is -2.17. The molecular formula is C17H17BrClNO3. The van der Waals surface area contributed by atoms with Gasteiger partial charge in [-0.3, -0.25) is 4.79 Å². The fourth-order valence-corrected chi connectivity index (χ4v) is 2.85. The van der Waals surface area contributed by atoms with Gasteiger partial charge in [0, 0.05) is 10.0 Å². The lowest BCUT2D eigenvalue weighted by Crippen LogP contribution is -2.31. The van der Waals surface area contributed by atoms with E-state index in [0.29, 0.717) is 10.8 Å². The predicted octanol–water partition coefficient (Wildman–Crippen LogP) is 4.37. The number of hydrogen-bond donors (Lipinski definition) is 1. The first-order valence-corrected chi connectivity index (χ1v) is 8.18. The summed E-state index contributed by atoms with van der Waals surface area (Å²) in [6, 6.07) is 12.6. The van der Waals surface area contributed by atoms with Crippen molar-refractivity contribution >= 4 is 33.4 Å². The molecule has 2 aromatic rings. The summed E-state index contributed by atoms with van der Waals surface area (Å²) in [5.74, 6) is 0.967. The first-order chi connectivity index (χ1) is 11.0. The number of benzene rings is 2. The zero-order chi connectivity index (χ0) is 16.8. The molecule has 1 atom stereocenters. The van der Waals surface area contributed by atoms with E-state index in [9.17, 15) is 4.79 Å². The lowest BCUT2D eigenvalue weighted by molar-refractivity contribution is -0.123. The van der Waals surface area contributed by atoms with Gasteiger partial charge in [0.1, 0.15) is 11.5 Å². The van der Waals surface area contributed by atoms with Gasteiger partial charge in [-0.25, -0.2) is 0 Å². The van der Waals surface area contributed by atoms with Crippen LogP contribution in [0.15, 0.2) is 46.9 Å². The van der Waals surface area contributed by atoms with E-state index in [4.69, 9.17) is 21.1 Å². The van der Waals surface area contributed by atoms with Crippen LogP contribution in [0, 0.1) is 0 Å². The Morgan fingerprint density at radius 2 is 2.00 bits per heavy atom. The minimum atomic E-state index is -0.234. The van der Waals surface area contributed by atoms with E-state index in [-0.39, 0.29) is 18.6 Å². The Bertz CT molecular complexity index is 693. The van der Waals surface area contributed by atoms with Gasteiger partial charge >= 0.3 is 0 Å². The van der Waals surface area contributed by atoms with Crippen LogP contribution in [0.5, 0.6) is 11.5 Å². The smallest absolute Gasteiger partial charge is 0.258 e. The van der Waals surface area contributed by atoms with Crippen molar-refractivity contribution in [3.63, 3.8) is 0 Å². The fourth-order valence-electron chi connectivity index (χ4n) is 2.12. The molecule has 2 aromatic carbocycles. The lowest BCUT2D eigenvalue weighted by atomic mass is 10.1. The maximum absolute atomic E-state index is 12.0. The van der Waals surface area contributed by atoms with Crippen molar-refractivity contribution in [2.45, 2.75) is 13.0 Å². The van der Waals surface area contributed by atoms with Crippen LogP contribution in [0.25, 0.3) is 0 Å². The van der Waals surface area contributed by atoms with Gasteiger partial charge in [-0.1, -0.05) is 45.7 Å². The number of nitrogens with one attached hydrogen (secondary N) is 1. The Morgan fingerprint density at radius 1 is 1.26 bits per heavy atom.